The minimum absolute atomic E-state index is 1.03. The third kappa shape index (κ3) is 2.68. The summed E-state index contributed by atoms with van der Waals surface area (Å²) in [6, 6.07) is 15.0. The lowest BCUT2D eigenvalue weighted by molar-refractivity contribution is 1.07. The van der Waals surface area contributed by atoms with E-state index in [-0.39, 0.29) is 0 Å². The molecule has 2 aromatic carbocycles. The Morgan fingerprint density at radius 2 is 1.47 bits per heavy atom. The summed E-state index contributed by atoms with van der Waals surface area (Å²) < 4.78 is 0. The van der Waals surface area contributed by atoms with Crippen LogP contribution in [0.15, 0.2) is 42.5 Å². The second kappa shape index (κ2) is 5.70. The molecule has 0 amide bonds. The minimum Gasteiger partial charge on any atom is -0.282 e. The van der Waals surface area contributed by atoms with Gasteiger partial charge in [0.25, 0.3) is 0 Å². The number of aryl methyl sites for hydroxylation is 2. The van der Waals surface area contributed by atoms with Crippen molar-refractivity contribution < 1.29 is 0 Å². The molecular weight excluding hydrogens is 232 g/mol. The molecular formula is C17H20N2. The highest BCUT2D eigenvalue weighted by Gasteiger charge is 2.03. The zero-order chi connectivity index (χ0) is 13.8. The second-order valence-electron chi connectivity index (χ2n) is 4.45. The van der Waals surface area contributed by atoms with Crippen molar-refractivity contribution in [1.82, 2.24) is 10.2 Å². The Morgan fingerprint density at radius 3 is 2.16 bits per heavy atom. The largest absolute Gasteiger partial charge is 0.282 e. The van der Waals surface area contributed by atoms with Crippen LogP contribution in [-0.2, 0) is 0 Å². The Balaban J connectivity index is 0.000000637. The van der Waals surface area contributed by atoms with E-state index >= 15 is 0 Å². The first kappa shape index (κ1) is 13.3. The van der Waals surface area contributed by atoms with Gasteiger partial charge in [-0.25, -0.2) is 0 Å². The Morgan fingerprint density at radius 1 is 0.842 bits per heavy atom. The van der Waals surface area contributed by atoms with Crippen molar-refractivity contribution in [3.8, 4) is 11.1 Å². The molecule has 2 nitrogen and oxygen atoms in total. The van der Waals surface area contributed by atoms with Crippen molar-refractivity contribution in [3.63, 3.8) is 0 Å². The Kier molecular flexibility index (Phi) is 4.00. The van der Waals surface area contributed by atoms with Crippen LogP contribution in [0.5, 0.6) is 0 Å². The molecule has 0 fully saturated rings. The van der Waals surface area contributed by atoms with Gasteiger partial charge < -0.3 is 0 Å². The molecule has 0 aliphatic carbocycles. The molecule has 2 heteroatoms. The van der Waals surface area contributed by atoms with Gasteiger partial charge in [-0.05, 0) is 31.0 Å². The predicted octanol–water partition coefficient (Wildman–Crippen LogP) is 4.87. The van der Waals surface area contributed by atoms with Crippen LogP contribution in [0.2, 0.25) is 0 Å². The van der Waals surface area contributed by atoms with Gasteiger partial charge in [0.1, 0.15) is 0 Å². The van der Waals surface area contributed by atoms with Gasteiger partial charge >= 0.3 is 0 Å². The normalized spacial score (nSPS) is 10.1. The average molecular weight is 252 g/mol. The molecule has 1 aromatic heterocycles. The van der Waals surface area contributed by atoms with Crippen LogP contribution in [0, 0.1) is 13.8 Å². The van der Waals surface area contributed by atoms with E-state index in [9.17, 15) is 0 Å². The molecule has 0 aliphatic rings. The summed E-state index contributed by atoms with van der Waals surface area (Å²) in [6.07, 6.45) is 0. The molecule has 0 unspecified atom stereocenters. The maximum Gasteiger partial charge on any atom is 0.0929 e. The molecule has 0 bridgehead atoms. The number of benzene rings is 2. The highest BCUT2D eigenvalue weighted by Crippen LogP contribution is 2.24. The summed E-state index contributed by atoms with van der Waals surface area (Å²) >= 11 is 0. The molecule has 19 heavy (non-hydrogen) atoms. The second-order valence-corrected chi connectivity index (χ2v) is 4.45. The number of rotatable bonds is 1. The quantitative estimate of drug-likeness (QED) is 0.657. The van der Waals surface area contributed by atoms with E-state index in [1.807, 2.05) is 20.8 Å². The van der Waals surface area contributed by atoms with Crippen molar-refractivity contribution >= 4 is 10.9 Å². The highest BCUT2D eigenvalue weighted by atomic mass is 15.1. The molecule has 0 aliphatic heterocycles. The lowest BCUT2D eigenvalue weighted by Crippen LogP contribution is -1.79. The van der Waals surface area contributed by atoms with Crippen LogP contribution in [0.1, 0.15) is 25.1 Å². The molecule has 0 spiro atoms. The molecule has 3 aromatic rings. The summed E-state index contributed by atoms with van der Waals surface area (Å²) in [6.45, 7) is 8.14. The van der Waals surface area contributed by atoms with E-state index in [2.05, 4.69) is 59.6 Å². The van der Waals surface area contributed by atoms with E-state index < -0.39 is 0 Å². The smallest absolute Gasteiger partial charge is 0.0929 e. The van der Waals surface area contributed by atoms with Crippen LogP contribution in [0.4, 0.5) is 0 Å². The fourth-order valence-corrected chi connectivity index (χ4v) is 2.07. The van der Waals surface area contributed by atoms with Gasteiger partial charge in [-0.2, -0.15) is 5.10 Å². The first-order valence-electron chi connectivity index (χ1n) is 6.76. The maximum absolute atomic E-state index is 4.30. The standard InChI is InChI=1S/C15H14N2.C2H6/c1-10-3-5-12(6-4-10)13-7-8-14-11(2)16-17-15(14)9-13;1-2/h3-9H,1-2H3,(H,16,17);1-2H3. The number of fused-ring (bicyclic) bond motifs is 1. The van der Waals surface area contributed by atoms with Crippen molar-refractivity contribution in [2.75, 3.05) is 0 Å². The average Bonchev–Trinajstić information content (AvgIpc) is 2.83. The van der Waals surface area contributed by atoms with E-state index in [1.165, 1.54) is 22.1 Å². The maximum atomic E-state index is 4.30. The molecule has 98 valence electrons. The van der Waals surface area contributed by atoms with Gasteiger partial charge in [0, 0.05) is 11.1 Å². The molecule has 0 saturated heterocycles. The number of nitrogens with one attached hydrogen (secondary N) is 1. The fraction of sp³-hybridized carbons (Fsp3) is 0.235. The zero-order valence-electron chi connectivity index (χ0n) is 12.0. The number of hydrogen-bond acceptors (Lipinski definition) is 1. The summed E-state index contributed by atoms with van der Waals surface area (Å²) in [4.78, 5) is 0. The first-order valence-corrected chi connectivity index (χ1v) is 6.76. The van der Waals surface area contributed by atoms with E-state index in [0.717, 1.165) is 11.2 Å². The first-order chi connectivity index (χ1) is 9.24. The fourth-order valence-electron chi connectivity index (χ4n) is 2.07. The molecule has 0 saturated carbocycles. The van der Waals surface area contributed by atoms with Gasteiger partial charge in [-0.15, -0.1) is 0 Å². The lowest BCUT2D eigenvalue weighted by Gasteiger charge is -2.02. The summed E-state index contributed by atoms with van der Waals surface area (Å²) in [5.41, 5.74) is 5.88. The van der Waals surface area contributed by atoms with Crippen LogP contribution in [0.3, 0.4) is 0 Å². The molecule has 1 heterocycles. The monoisotopic (exact) mass is 252 g/mol. The van der Waals surface area contributed by atoms with Crippen LogP contribution < -0.4 is 0 Å². The zero-order valence-corrected chi connectivity index (χ0v) is 12.0. The minimum atomic E-state index is 1.03. The predicted molar refractivity (Wildman–Crippen MR) is 82.4 cm³/mol. The van der Waals surface area contributed by atoms with Crippen LogP contribution in [0.25, 0.3) is 22.0 Å². The Labute approximate surface area is 114 Å². The molecule has 0 radical (unpaired) electrons. The SMILES string of the molecule is CC.Cc1ccc(-c2ccc3c(C)[nH]nc3c2)cc1. The molecule has 0 atom stereocenters. The van der Waals surface area contributed by atoms with E-state index in [1.54, 1.807) is 0 Å². The summed E-state index contributed by atoms with van der Waals surface area (Å²) in [5, 5.41) is 8.51. The molecule has 3 rings (SSSR count). The number of aromatic nitrogens is 2. The van der Waals surface area contributed by atoms with Crippen molar-refractivity contribution in [3.05, 3.63) is 53.7 Å². The topological polar surface area (TPSA) is 28.7 Å². The number of nitrogens with zero attached hydrogens (tertiary/aromatic N) is 1. The van der Waals surface area contributed by atoms with Gasteiger partial charge in [0.2, 0.25) is 0 Å². The van der Waals surface area contributed by atoms with Gasteiger partial charge in [-0.1, -0.05) is 55.8 Å². The van der Waals surface area contributed by atoms with Gasteiger partial charge in [-0.3, -0.25) is 5.10 Å². The summed E-state index contributed by atoms with van der Waals surface area (Å²) in [5.74, 6) is 0. The third-order valence-corrected chi connectivity index (χ3v) is 3.13. The van der Waals surface area contributed by atoms with Crippen LogP contribution >= 0.6 is 0 Å². The summed E-state index contributed by atoms with van der Waals surface area (Å²) in [7, 11) is 0. The Bertz CT molecular complexity index is 663. The lowest BCUT2D eigenvalue weighted by atomic mass is 10.0. The van der Waals surface area contributed by atoms with Gasteiger partial charge in [0.15, 0.2) is 0 Å². The highest BCUT2D eigenvalue weighted by molar-refractivity contribution is 5.86. The van der Waals surface area contributed by atoms with Gasteiger partial charge in [0.05, 0.1) is 5.52 Å². The Hall–Kier alpha value is -2.09. The molecule has 1 N–H and O–H groups in total. The van der Waals surface area contributed by atoms with Crippen LogP contribution in [-0.4, -0.2) is 10.2 Å². The van der Waals surface area contributed by atoms with Crippen molar-refractivity contribution in [2.24, 2.45) is 0 Å². The van der Waals surface area contributed by atoms with E-state index in [4.69, 9.17) is 0 Å². The number of aromatic amines is 1. The van der Waals surface area contributed by atoms with Crippen molar-refractivity contribution in [2.45, 2.75) is 27.7 Å². The number of H-pyrrole nitrogens is 1. The third-order valence-electron chi connectivity index (χ3n) is 3.13. The number of hydrogen-bond donors (Lipinski definition) is 1. The van der Waals surface area contributed by atoms with E-state index in [0.29, 0.717) is 0 Å². The van der Waals surface area contributed by atoms with Crippen molar-refractivity contribution in [1.29, 1.82) is 0 Å².